The molecule has 3 rings (SSSR count). The van der Waals surface area contributed by atoms with Crippen LogP contribution < -0.4 is 0 Å². The standard InChI is InChI=1S/C9H13N/c1-2-9-5-7(1)6-10(9)8-3-4-8/h1-2,7-9H,3-6H2/t7-,9+/m1/s1. The molecule has 0 radical (unpaired) electrons. The average Bonchev–Trinajstić information content (AvgIpc) is 2.60. The first-order valence-electron chi connectivity index (χ1n) is 4.37. The second-order valence-electron chi connectivity index (χ2n) is 3.88. The normalized spacial score (nSPS) is 45.2. The van der Waals surface area contributed by atoms with Gasteiger partial charge < -0.3 is 0 Å². The summed E-state index contributed by atoms with van der Waals surface area (Å²) >= 11 is 0. The lowest BCUT2D eigenvalue weighted by atomic mass is 10.2. The molecular formula is C9H13N. The molecule has 1 saturated carbocycles. The fourth-order valence-electron chi connectivity index (χ4n) is 2.37. The maximum atomic E-state index is 2.70. The Labute approximate surface area is 61.7 Å². The highest BCUT2D eigenvalue weighted by Crippen LogP contribution is 2.39. The molecule has 1 nitrogen and oxygen atoms in total. The molecule has 2 aliphatic carbocycles. The van der Waals surface area contributed by atoms with Crippen molar-refractivity contribution in [2.24, 2.45) is 5.92 Å². The van der Waals surface area contributed by atoms with Gasteiger partial charge in [0.15, 0.2) is 0 Å². The molecule has 1 aliphatic heterocycles. The van der Waals surface area contributed by atoms with Crippen LogP contribution in [0.2, 0.25) is 0 Å². The molecule has 1 heteroatoms. The zero-order valence-corrected chi connectivity index (χ0v) is 6.16. The number of hydrogen-bond donors (Lipinski definition) is 0. The Morgan fingerprint density at radius 3 is 2.60 bits per heavy atom. The molecule has 0 spiro atoms. The highest BCUT2D eigenvalue weighted by molar-refractivity contribution is 5.15. The van der Waals surface area contributed by atoms with E-state index in [1.165, 1.54) is 25.8 Å². The molecule has 0 amide bonds. The first-order chi connectivity index (χ1) is 4.93. The fourth-order valence-corrected chi connectivity index (χ4v) is 2.37. The molecular weight excluding hydrogens is 122 g/mol. The van der Waals surface area contributed by atoms with Crippen molar-refractivity contribution in [2.45, 2.75) is 31.3 Å². The molecule has 2 atom stereocenters. The minimum atomic E-state index is 0.845. The van der Waals surface area contributed by atoms with Gasteiger partial charge in [-0.15, -0.1) is 0 Å². The zero-order chi connectivity index (χ0) is 6.55. The summed E-state index contributed by atoms with van der Waals surface area (Å²) in [6.07, 6.45) is 9.18. The van der Waals surface area contributed by atoms with Crippen LogP contribution in [-0.2, 0) is 0 Å². The van der Waals surface area contributed by atoms with Gasteiger partial charge in [0.2, 0.25) is 0 Å². The number of hydrogen-bond acceptors (Lipinski definition) is 1. The van der Waals surface area contributed by atoms with Crippen LogP contribution in [0.3, 0.4) is 0 Å². The third-order valence-electron chi connectivity index (χ3n) is 3.04. The number of fused-ring (bicyclic) bond motifs is 2. The summed E-state index contributed by atoms with van der Waals surface area (Å²) < 4.78 is 0. The van der Waals surface area contributed by atoms with Crippen LogP contribution in [-0.4, -0.2) is 23.5 Å². The maximum Gasteiger partial charge on any atom is 0.0287 e. The molecule has 54 valence electrons. The first-order valence-corrected chi connectivity index (χ1v) is 4.37. The van der Waals surface area contributed by atoms with Crippen molar-refractivity contribution in [1.29, 1.82) is 0 Å². The molecule has 2 bridgehead atoms. The fraction of sp³-hybridized carbons (Fsp3) is 0.778. The first kappa shape index (κ1) is 5.36. The van der Waals surface area contributed by atoms with Crippen molar-refractivity contribution in [3.8, 4) is 0 Å². The lowest BCUT2D eigenvalue weighted by Gasteiger charge is -2.22. The van der Waals surface area contributed by atoms with Crippen molar-refractivity contribution in [2.75, 3.05) is 6.54 Å². The van der Waals surface area contributed by atoms with Crippen LogP contribution in [0.1, 0.15) is 19.3 Å². The van der Waals surface area contributed by atoms with Gasteiger partial charge in [0, 0.05) is 18.6 Å². The van der Waals surface area contributed by atoms with E-state index in [1.54, 1.807) is 0 Å². The molecule has 0 aromatic rings. The highest BCUT2D eigenvalue weighted by atomic mass is 15.2. The van der Waals surface area contributed by atoms with Crippen molar-refractivity contribution >= 4 is 0 Å². The van der Waals surface area contributed by atoms with Crippen molar-refractivity contribution in [3.05, 3.63) is 12.2 Å². The van der Waals surface area contributed by atoms with E-state index in [1.807, 2.05) is 0 Å². The van der Waals surface area contributed by atoms with Crippen LogP contribution >= 0.6 is 0 Å². The van der Waals surface area contributed by atoms with Crippen LogP contribution in [0.25, 0.3) is 0 Å². The number of rotatable bonds is 1. The van der Waals surface area contributed by atoms with Crippen molar-refractivity contribution in [1.82, 2.24) is 4.90 Å². The third-order valence-corrected chi connectivity index (χ3v) is 3.04. The summed E-state index contributed by atoms with van der Waals surface area (Å²) in [6, 6.07) is 1.83. The largest absolute Gasteiger partial charge is 0.293 e. The smallest absolute Gasteiger partial charge is 0.0287 e. The summed E-state index contributed by atoms with van der Waals surface area (Å²) in [5, 5.41) is 0. The van der Waals surface area contributed by atoms with Crippen molar-refractivity contribution in [3.63, 3.8) is 0 Å². The van der Waals surface area contributed by atoms with Gasteiger partial charge in [-0.3, -0.25) is 4.90 Å². The molecule has 1 heterocycles. The summed E-state index contributed by atoms with van der Waals surface area (Å²) in [6.45, 7) is 1.37. The van der Waals surface area contributed by atoms with Crippen LogP contribution in [0, 0.1) is 5.92 Å². The Kier molecular flexibility index (Phi) is 0.883. The van der Waals surface area contributed by atoms with Gasteiger partial charge in [-0.2, -0.15) is 0 Å². The second kappa shape index (κ2) is 1.65. The van der Waals surface area contributed by atoms with Gasteiger partial charge in [0.05, 0.1) is 0 Å². The van der Waals surface area contributed by atoms with Gasteiger partial charge >= 0.3 is 0 Å². The molecule has 0 unspecified atom stereocenters. The van der Waals surface area contributed by atoms with E-state index in [-0.39, 0.29) is 0 Å². The van der Waals surface area contributed by atoms with Gasteiger partial charge in [-0.05, 0) is 25.2 Å². The lowest BCUT2D eigenvalue weighted by molar-refractivity contribution is 0.269. The summed E-state index contributed by atoms with van der Waals surface area (Å²) in [4.78, 5) is 2.70. The predicted octanol–water partition coefficient (Wildman–Crippen LogP) is 1.41. The lowest BCUT2D eigenvalue weighted by Crippen LogP contribution is -2.31. The average molecular weight is 135 g/mol. The molecule has 0 aromatic carbocycles. The minimum absolute atomic E-state index is 0.845. The van der Waals surface area contributed by atoms with E-state index < -0.39 is 0 Å². The molecule has 10 heavy (non-hydrogen) atoms. The SMILES string of the molecule is C1=C[C@H]2C[C@@H]1CN2C1CC1. The van der Waals surface area contributed by atoms with Crippen LogP contribution in [0.4, 0.5) is 0 Å². The predicted molar refractivity (Wildman–Crippen MR) is 40.8 cm³/mol. The molecule has 2 fully saturated rings. The molecule has 1 saturated heterocycles. The summed E-state index contributed by atoms with van der Waals surface area (Å²) in [5.74, 6) is 0.922. The maximum absolute atomic E-state index is 2.70. The minimum Gasteiger partial charge on any atom is -0.293 e. The summed E-state index contributed by atoms with van der Waals surface area (Å²) in [5.41, 5.74) is 0. The Balaban J connectivity index is 1.83. The van der Waals surface area contributed by atoms with Crippen LogP contribution in [0.15, 0.2) is 12.2 Å². The molecule has 0 N–H and O–H groups in total. The van der Waals surface area contributed by atoms with Crippen LogP contribution in [0.5, 0.6) is 0 Å². The third kappa shape index (κ3) is 0.615. The van der Waals surface area contributed by atoms with E-state index >= 15 is 0 Å². The van der Waals surface area contributed by atoms with E-state index in [0.717, 1.165) is 18.0 Å². The van der Waals surface area contributed by atoms with Gasteiger partial charge in [-0.1, -0.05) is 12.2 Å². The Morgan fingerprint density at radius 2 is 2.10 bits per heavy atom. The monoisotopic (exact) mass is 135 g/mol. The van der Waals surface area contributed by atoms with Gasteiger partial charge in [0.25, 0.3) is 0 Å². The molecule has 0 aromatic heterocycles. The Morgan fingerprint density at radius 1 is 1.20 bits per heavy atom. The van der Waals surface area contributed by atoms with Crippen molar-refractivity contribution < 1.29 is 0 Å². The van der Waals surface area contributed by atoms with Gasteiger partial charge in [-0.25, -0.2) is 0 Å². The summed E-state index contributed by atoms with van der Waals surface area (Å²) in [7, 11) is 0. The van der Waals surface area contributed by atoms with Gasteiger partial charge in [0.1, 0.15) is 0 Å². The topological polar surface area (TPSA) is 3.24 Å². The van der Waals surface area contributed by atoms with E-state index in [4.69, 9.17) is 0 Å². The Bertz CT molecular complexity index is 181. The van der Waals surface area contributed by atoms with E-state index in [2.05, 4.69) is 17.1 Å². The van der Waals surface area contributed by atoms with E-state index in [9.17, 15) is 0 Å². The zero-order valence-electron chi connectivity index (χ0n) is 6.16. The second-order valence-corrected chi connectivity index (χ2v) is 3.88. The number of likely N-dealkylation sites (tertiary alicyclic amines) is 1. The Hall–Kier alpha value is -0.300. The number of nitrogens with zero attached hydrogens (tertiary/aromatic N) is 1. The highest BCUT2D eigenvalue weighted by Gasteiger charge is 2.41. The van der Waals surface area contributed by atoms with E-state index in [0.29, 0.717) is 0 Å². The quantitative estimate of drug-likeness (QED) is 0.491. The molecule has 3 aliphatic rings.